The van der Waals surface area contributed by atoms with Gasteiger partial charge in [0.2, 0.25) is 0 Å². The molecule has 0 saturated carbocycles. The van der Waals surface area contributed by atoms with Gasteiger partial charge < -0.3 is 9.84 Å². The molecule has 0 radical (unpaired) electrons. The first-order valence-corrected chi connectivity index (χ1v) is 6.38. The van der Waals surface area contributed by atoms with E-state index in [-0.39, 0.29) is 12.3 Å². The molecule has 0 spiro atoms. The Bertz CT molecular complexity index is 556. The predicted molar refractivity (Wildman–Crippen MR) is 70.6 cm³/mol. The van der Waals surface area contributed by atoms with E-state index in [9.17, 15) is 19.7 Å². The molecule has 1 fully saturated rings. The van der Waals surface area contributed by atoms with Crippen LogP contribution in [0.15, 0.2) is 24.3 Å². The number of likely N-dealkylation sites (tertiary alicyclic amines) is 1. The minimum absolute atomic E-state index is 0.0458. The standard InChI is InChI=1S/C13H14N2O6/c16-12(17)11-2-1-7-14(11)13(18)21-8-9-3-5-10(6-4-9)15(19)20/h3-6,11H,1-2,7-8H2,(H,16,17)/t11-/m0/s1. The van der Waals surface area contributed by atoms with Crippen LogP contribution in [0.3, 0.4) is 0 Å². The predicted octanol–water partition coefficient (Wildman–Crippen LogP) is 1.78. The number of ether oxygens (including phenoxy) is 1. The largest absolute Gasteiger partial charge is 0.480 e. The highest BCUT2D eigenvalue weighted by Crippen LogP contribution is 2.19. The molecule has 1 aromatic carbocycles. The van der Waals surface area contributed by atoms with E-state index in [4.69, 9.17) is 9.84 Å². The van der Waals surface area contributed by atoms with Crippen molar-refractivity contribution in [2.45, 2.75) is 25.5 Å². The lowest BCUT2D eigenvalue weighted by Gasteiger charge is -2.20. The highest BCUT2D eigenvalue weighted by Gasteiger charge is 2.34. The van der Waals surface area contributed by atoms with E-state index < -0.39 is 23.0 Å². The highest BCUT2D eigenvalue weighted by atomic mass is 16.6. The van der Waals surface area contributed by atoms with Crippen molar-refractivity contribution in [3.05, 3.63) is 39.9 Å². The third-order valence-electron chi connectivity index (χ3n) is 3.28. The Labute approximate surface area is 120 Å². The Hall–Kier alpha value is -2.64. The van der Waals surface area contributed by atoms with Crippen LogP contribution in [0.4, 0.5) is 10.5 Å². The maximum Gasteiger partial charge on any atom is 0.410 e. The van der Waals surface area contributed by atoms with E-state index in [0.29, 0.717) is 24.9 Å². The van der Waals surface area contributed by atoms with E-state index in [1.54, 1.807) is 0 Å². The minimum atomic E-state index is -1.04. The summed E-state index contributed by atoms with van der Waals surface area (Å²) in [6.45, 7) is 0.301. The van der Waals surface area contributed by atoms with Crippen molar-refractivity contribution in [1.82, 2.24) is 4.90 Å². The molecule has 2 rings (SSSR count). The maximum atomic E-state index is 11.8. The number of carbonyl (C=O) groups is 2. The molecule has 112 valence electrons. The van der Waals surface area contributed by atoms with E-state index in [0.717, 1.165) is 0 Å². The van der Waals surface area contributed by atoms with Crippen LogP contribution in [0, 0.1) is 10.1 Å². The number of hydrogen-bond donors (Lipinski definition) is 1. The Morgan fingerprint density at radius 3 is 2.62 bits per heavy atom. The van der Waals surface area contributed by atoms with Crippen molar-refractivity contribution in [2.75, 3.05) is 6.54 Å². The van der Waals surface area contributed by atoms with Gasteiger partial charge in [-0.2, -0.15) is 0 Å². The second-order valence-corrected chi connectivity index (χ2v) is 4.67. The van der Waals surface area contributed by atoms with Crippen molar-refractivity contribution in [2.24, 2.45) is 0 Å². The highest BCUT2D eigenvalue weighted by molar-refractivity contribution is 5.80. The molecule has 1 amide bonds. The molecule has 0 bridgehead atoms. The van der Waals surface area contributed by atoms with Crippen LogP contribution in [0.25, 0.3) is 0 Å². The number of nitrogens with zero attached hydrogens (tertiary/aromatic N) is 2. The lowest BCUT2D eigenvalue weighted by molar-refractivity contribution is -0.384. The maximum absolute atomic E-state index is 11.8. The Morgan fingerprint density at radius 2 is 2.05 bits per heavy atom. The molecule has 1 aliphatic rings. The van der Waals surface area contributed by atoms with Crippen LogP contribution < -0.4 is 0 Å². The van der Waals surface area contributed by atoms with Gasteiger partial charge in [-0.1, -0.05) is 0 Å². The van der Waals surface area contributed by atoms with E-state index in [2.05, 4.69) is 0 Å². The first-order valence-electron chi connectivity index (χ1n) is 6.38. The van der Waals surface area contributed by atoms with Crippen LogP contribution >= 0.6 is 0 Å². The number of non-ortho nitro benzene ring substituents is 1. The molecule has 8 nitrogen and oxygen atoms in total. The lowest BCUT2D eigenvalue weighted by Crippen LogP contribution is -2.40. The number of aliphatic carboxylic acids is 1. The zero-order valence-corrected chi connectivity index (χ0v) is 11.1. The summed E-state index contributed by atoms with van der Waals surface area (Å²) in [6, 6.07) is 4.78. The fourth-order valence-electron chi connectivity index (χ4n) is 2.18. The fourth-order valence-corrected chi connectivity index (χ4v) is 2.18. The van der Waals surface area contributed by atoms with Crippen LogP contribution in [-0.4, -0.2) is 39.6 Å². The molecule has 0 unspecified atom stereocenters. The van der Waals surface area contributed by atoms with E-state index in [1.165, 1.54) is 29.2 Å². The number of carbonyl (C=O) groups excluding carboxylic acids is 1. The molecule has 0 aromatic heterocycles. The summed E-state index contributed by atoms with van der Waals surface area (Å²) in [6.07, 6.45) is 0.365. The quantitative estimate of drug-likeness (QED) is 0.669. The van der Waals surface area contributed by atoms with Crippen molar-refractivity contribution in [1.29, 1.82) is 0 Å². The average molecular weight is 294 g/mol. The molecule has 1 aliphatic heterocycles. The summed E-state index contributed by atoms with van der Waals surface area (Å²) in [5.41, 5.74) is 0.551. The van der Waals surface area contributed by atoms with Crippen molar-refractivity contribution in [3.63, 3.8) is 0 Å². The number of hydrogen-bond acceptors (Lipinski definition) is 5. The molecule has 0 aliphatic carbocycles. The number of nitro benzene ring substituents is 1. The molecule has 1 aromatic rings. The van der Waals surface area contributed by atoms with E-state index >= 15 is 0 Å². The first-order chi connectivity index (χ1) is 9.99. The minimum Gasteiger partial charge on any atom is -0.480 e. The van der Waals surface area contributed by atoms with Gasteiger partial charge in [0.15, 0.2) is 0 Å². The van der Waals surface area contributed by atoms with Gasteiger partial charge in [-0.05, 0) is 30.5 Å². The van der Waals surface area contributed by atoms with Gasteiger partial charge >= 0.3 is 12.1 Å². The van der Waals surface area contributed by atoms with E-state index in [1.807, 2.05) is 0 Å². The average Bonchev–Trinajstić information content (AvgIpc) is 2.95. The van der Waals surface area contributed by atoms with Crippen LogP contribution in [0.2, 0.25) is 0 Å². The molecular formula is C13H14N2O6. The van der Waals surface area contributed by atoms with Gasteiger partial charge in [0.1, 0.15) is 12.6 Å². The van der Waals surface area contributed by atoms with Crippen LogP contribution in [-0.2, 0) is 16.1 Å². The summed E-state index contributed by atoms with van der Waals surface area (Å²) >= 11 is 0. The zero-order valence-electron chi connectivity index (χ0n) is 11.1. The third kappa shape index (κ3) is 3.47. The molecule has 8 heteroatoms. The van der Waals surface area contributed by atoms with Crippen molar-refractivity contribution >= 4 is 17.7 Å². The van der Waals surface area contributed by atoms with Gasteiger partial charge in [0, 0.05) is 18.7 Å². The zero-order chi connectivity index (χ0) is 15.4. The van der Waals surface area contributed by atoms with Gasteiger partial charge in [-0.25, -0.2) is 9.59 Å². The third-order valence-corrected chi connectivity index (χ3v) is 3.28. The summed E-state index contributed by atoms with van der Waals surface area (Å²) < 4.78 is 5.05. The number of carboxylic acid groups (broad SMARTS) is 1. The molecular weight excluding hydrogens is 280 g/mol. The number of amides is 1. The van der Waals surface area contributed by atoms with Crippen LogP contribution in [0.5, 0.6) is 0 Å². The molecule has 1 heterocycles. The SMILES string of the molecule is O=C(O)[C@@H]1CCCN1C(=O)OCc1ccc([N+](=O)[O-])cc1. The number of benzene rings is 1. The van der Waals surface area contributed by atoms with Gasteiger partial charge in [-0.15, -0.1) is 0 Å². The second kappa shape index (κ2) is 6.21. The Morgan fingerprint density at radius 1 is 1.38 bits per heavy atom. The number of rotatable bonds is 4. The number of nitro groups is 1. The molecule has 1 saturated heterocycles. The summed E-state index contributed by atoms with van der Waals surface area (Å²) in [5, 5.41) is 19.5. The summed E-state index contributed by atoms with van der Waals surface area (Å²) in [7, 11) is 0. The van der Waals surface area contributed by atoms with Gasteiger partial charge in [0.05, 0.1) is 4.92 Å². The molecule has 21 heavy (non-hydrogen) atoms. The number of carboxylic acids is 1. The smallest absolute Gasteiger partial charge is 0.410 e. The van der Waals surface area contributed by atoms with Gasteiger partial charge in [0.25, 0.3) is 5.69 Å². The topological polar surface area (TPSA) is 110 Å². The monoisotopic (exact) mass is 294 g/mol. The molecule has 1 N–H and O–H groups in total. The Kier molecular flexibility index (Phi) is 4.36. The van der Waals surface area contributed by atoms with Crippen molar-refractivity contribution < 1.29 is 24.4 Å². The normalized spacial score (nSPS) is 17.5. The summed E-state index contributed by atoms with van der Waals surface area (Å²) in [4.78, 5) is 34.0. The van der Waals surface area contributed by atoms with Gasteiger partial charge in [-0.3, -0.25) is 15.0 Å². The summed E-state index contributed by atoms with van der Waals surface area (Å²) in [5.74, 6) is -1.04. The van der Waals surface area contributed by atoms with Crippen LogP contribution in [0.1, 0.15) is 18.4 Å². The second-order valence-electron chi connectivity index (χ2n) is 4.67. The first kappa shape index (κ1) is 14.8. The lowest BCUT2D eigenvalue weighted by atomic mass is 10.2. The molecule has 1 atom stereocenters. The Balaban J connectivity index is 1.91. The fraction of sp³-hybridized carbons (Fsp3) is 0.385. The van der Waals surface area contributed by atoms with Crippen molar-refractivity contribution in [3.8, 4) is 0 Å².